The number of rotatable bonds is 2. The Hall–Kier alpha value is -0.320. The normalized spacial score (nSPS) is 27.8. The molecule has 0 aromatic rings. The van der Waals surface area contributed by atoms with Crippen LogP contribution < -0.4 is 11.1 Å². The molecule has 0 bridgehead atoms. The van der Waals surface area contributed by atoms with Crippen molar-refractivity contribution in [3.8, 4) is 0 Å². The van der Waals surface area contributed by atoms with Crippen LogP contribution in [0.4, 0.5) is 0 Å². The number of ether oxygens (including phenoxy) is 1. The van der Waals surface area contributed by atoms with E-state index in [0.29, 0.717) is 6.61 Å². The Balaban J connectivity index is 0.00000121. The molecule has 0 aromatic heterocycles. The molecule has 0 aromatic carbocycles. The van der Waals surface area contributed by atoms with Gasteiger partial charge in [0.15, 0.2) is 0 Å². The number of hydrogen-bond acceptors (Lipinski definition) is 4. The van der Waals surface area contributed by atoms with E-state index in [2.05, 4.69) is 5.32 Å². The third-order valence-corrected chi connectivity index (χ3v) is 1.81. The van der Waals surface area contributed by atoms with Gasteiger partial charge in [-0.05, 0) is 19.9 Å². The Labute approximate surface area is 78.2 Å². The molecular formula is C7H15ClN2O2. The lowest BCUT2D eigenvalue weighted by Gasteiger charge is -2.12. The van der Waals surface area contributed by atoms with Crippen molar-refractivity contribution in [3.63, 3.8) is 0 Å². The number of esters is 1. The number of nitrogens with two attached hydrogens (primary N) is 1. The third kappa shape index (κ3) is 2.62. The summed E-state index contributed by atoms with van der Waals surface area (Å²) < 4.78 is 4.81. The minimum atomic E-state index is -0.282. The molecular weight excluding hydrogens is 180 g/mol. The number of carbonyl (C=O) groups is 1. The maximum Gasteiger partial charge on any atom is 0.324 e. The molecule has 1 aliphatic rings. The van der Waals surface area contributed by atoms with Gasteiger partial charge in [-0.3, -0.25) is 4.79 Å². The molecule has 5 heteroatoms. The van der Waals surface area contributed by atoms with Crippen LogP contribution in [0.15, 0.2) is 0 Å². The first-order chi connectivity index (χ1) is 5.25. The van der Waals surface area contributed by atoms with Gasteiger partial charge in [0.1, 0.15) is 6.04 Å². The van der Waals surface area contributed by atoms with Crippen LogP contribution in [-0.2, 0) is 9.53 Å². The van der Waals surface area contributed by atoms with Gasteiger partial charge in [0.2, 0.25) is 0 Å². The van der Waals surface area contributed by atoms with E-state index in [0.717, 1.165) is 13.0 Å². The van der Waals surface area contributed by atoms with Crippen LogP contribution in [0.5, 0.6) is 0 Å². The van der Waals surface area contributed by atoms with Crippen molar-refractivity contribution in [3.05, 3.63) is 0 Å². The third-order valence-electron chi connectivity index (χ3n) is 1.81. The molecule has 0 spiro atoms. The van der Waals surface area contributed by atoms with Gasteiger partial charge >= 0.3 is 5.97 Å². The van der Waals surface area contributed by atoms with E-state index in [1.54, 1.807) is 6.92 Å². The standard InChI is InChI=1S/C7H14N2O2.ClH/c1-2-11-7(10)6-5(8)3-4-9-6;/h5-6,9H,2-4,8H2,1H3;1H. The molecule has 0 saturated carbocycles. The van der Waals surface area contributed by atoms with Gasteiger partial charge < -0.3 is 15.8 Å². The van der Waals surface area contributed by atoms with Gasteiger partial charge in [-0.15, -0.1) is 12.4 Å². The SMILES string of the molecule is CCOC(=O)C1NCCC1N.Cl. The molecule has 12 heavy (non-hydrogen) atoms. The molecule has 2 unspecified atom stereocenters. The van der Waals surface area contributed by atoms with Crippen molar-refractivity contribution in [1.29, 1.82) is 0 Å². The van der Waals surface area contributed by atoms with Crippen LogP contribution in [0.1, 0.15) is 13.3 Å². The van der Waals surface area contributed by atoms with E-state index in [9.17, 15) is 4.79 Å². The van der Waals surface area contributed by atoms with Crippen molar-refractivity contribution < 1.29 is 9.53 Å². The van der Waals surface area contributed by atoms with E-state index < -0.39 is 0 Å². The Bertz CT molecular complexity index is 154. The number of hydrogen-bond donors (Lipinski definition) is 2. The minimum absolute atomic E-state index is 0. The Morgan fingerprint density at radius 3 is 2.83 bits per heavy atom. The second kappa shape index (κ2) is 5.35. The topological polar surface area (TPSA) is 64.3 Å². The van der Waals surface area contributed by atoms with E-state index in [4.69, 9.17) is 10.5 Å². The lowest BCUT2D eigenvalue weighted by molar-refractivity contribution is -0.145. The summed E-state index contributed by atoms with van der Waals surface area (Å²) in [6.07, 6.45) is 0.851. The minimum Gasteiger partial charge on any atom is -0.465 e. The molecule has 1 rings (SSSR count). The van der Waals surface area contributed by atoms with E-state index in [1.165, 1.54) is 0 Å². The lowest BCUT2D eigenvalue weighted by atomic mass is 10.1. The van der Waals surface area contributed by atoms with Gasteiger partial charge in [-0.2, -0.15) is 0 Å². The van der Waals surface area contributed by atoms with Crippen molar-refractivity contribution in [2.45, 2.75) is 25.4 Å². The van der Waals surface area contributed by atoms with Crippen LogP contribution in [0.2, 0.25) is 0 Å². The monoisotopic (exact) mass is 194 g/mol. The van der Waals surface area contributed by atoms with Gasteiger partial charge in [0.05, 0.1) is 6.61 Å². The molecule has 1 aliphatic heterocycles. The largest absolute Gasteiger partial charge is 0.465 e. The highest BCUT2D eigenvalue weighted by Gasteiger charge is 2.30. The van der Waals surface area contributed by atoms with Crippen molar-refractivity contribution >= 4 is 18.4 Å². The predicted molar refractivity (Wildman–Crippen MR) is 48.3 cm³/mol. The summed E-state index contributed by atoms with van der Waals surface area (Å²) in [6.45, 7) is 3.02. The number of carbonyl (C=O) groups excluding carboxylic acids is 1. The fourth-order valence-electron chi connectivity index (χ4n) is 1.21. The highest BCUT2D eigenvalue weighted by Crippen LogP contribution is 2.05. The first-order valence-electron chi connectivity index (χ1n) is 3.91. The average Bonchev–Trinajstić information content (AvgIpc) is 2.36. The lowest BCUT2D eigenvalue weighted by Crippen LogP contribution is -2.43. The van der Waals surface area contributed by atoms with Crippen molar-refractivity contribution in [1.82, 2.24) is 5.32 Å². The summed E-state index contributed by atoms with van der Waals surface area (Å²) in [4.78, 5) is 11.1. The van der Waals surface area contributed by atoms with Crippen molar-refractivity contribution in [2.75, 3.05) is 13.2 Å². The highest BCUT2D eigenvalue weighted by atomic mass is 35.5. The van der Waals surface area contributed by atoms with E-state index in [1.807, 2.05) is 0 Å². The Morgan fingerprint density at radius 1 is 1.75 bits per heavy atom. The second-order valence-corrected chi connectivity index (χ2v) is 2.64. The number of nitrogens with one attached hydrogen (secondary N) is 1. The van der Waals surface area contributed by atoms with Crippen LogP contribution in [0, 0.1) is 0 Å². The van der Waals surface area contributed by atoms with Gasteiger partial charge in [-0.25, -0.2) is 0 Å². The summed E-state index contributed by atoms with van der Waals surface area (Å²) in [5.74, 6) is -0.225. The molecule has 0 radical (unpaired) electrons. The van der Waals surface area contributed by atoms with Gasteiger partial charge in [-0.1, -0.05) is 0 Å². The fraction of sp³-hybridized carbons (Fsp3) is 0.857. The maximum atomic E-state index is 11.1. The van der Waals surface area contributed by atoms with Crippen LogP contribution in [-0.4, -0.2) is 31.2 Å². The zero-order valence-electron chi connectivity index (χ0n) is 7.08. The van der Waals surface area contributed by atoms with Crippen LogP contribution in [0.25, 0.3) is 0 Å². The number of halogens is 1. The molecule has 1 fully saturated rings. The van der Waals surface area contributed by atoms with Crippen LogP contribution >= 0.6 is 12.4 Å². The first-order valence-corrected chi connectivity index (χ1v) is 3.91. The summed E-state index contributed by atoms with van der Waals surface area (Å²) in [6, 6.07) is -0.357. The molecule has 4 nitrogen and oxygen atoms in total. The zero-order valence-corrected chi connectivity index (χ0v) is 7.89. The quantitative estimate of drug-likeness (QED) is 0.591. The molecule has 1 heterocycles. The second-order valence-electron chi connectivity index (χ2n) is 2.64. The molecule has 2 atom stereocenters. The smallest absolute Gasteiger partial charge is 0.324 e. The summed E-state index contributed by atoms with van der Waals surface area (Å²) in [5, 5.41) is 2.99. The van der Waals surface area contributed by atoms with Crippen LogP contribution in [0.3, 0.4) is 0 Å². The first kappa shape index (κ1) is 11.7. The van der Waals surface area contributed by atoms with Gasteiger partial charge in [0.25, 0.3) is 0 Å². The highest BCUT2D eigenvalue weighted by molar-refractivity contribution is 5.85. The Kier molecular flexibility index (Phi) is 5.20. The summed E-state index contributed by atoms with van der Waals surface area (Å²) in [5.41, 5.74) is 5.65. The molecule has 72 valence electrons. The molecule has 3 N–H and O–H groups in total. The average molecular weight is 195 g/mol. The Morgan fingerprint density at radius 2 is 2.42 bits per heavy atom. The molecule has 1 saturated heterocycles. The molecule has 0 amide bonds. The summed E-state index contributed by atoms with van der Waals surface area (Å²) >= 11 is 0. The predicted octanol–water partition coefficient (Wildman–Crippen LogP) is -0.340. The summed E-state index contributed by atoms with van der Waals surface area (Å²) in [7, 11) is 0. The zero-order chi connectivity index (χ0) is 8.27. The van der Waals surface area contributed by atoms with E-state index >= 15 is 0 Å². The van der Waals surface area contributed by atoms with Crippen molar-refractivity contribution in [2.24, 2.45) is 5.73 Å². The fourth-order valence-corrected chi connectivity index (χ4v) is 1.21. The molecule has 0 aliphatic carbocycles. The van der Waals surface area contributed by atoms with Gasteiger partial charge in [0, 0.05) is 6.04 Å². The maximum absolute atomic E-state index is 11.1. The van der Waals surface area contributed by atoms with E-state index in [-0.39, 0.29) is 30.5 Å².